The Bertz CT molecular complexity index is 547. The molecule has 0 amide bonds. The van der Waals surface area contributed by atoms with Gasteiger partial charge in [0, 0.05) is 11.0 Å². The highest BCUT2D eigenvalue weighted by Crippen LogP contribution is 2.10. The predicted molar refractivity (Wildman–Crippen MR) is 73.4 cm³/mol. The van der Waals surface area contributed by atoms with Gasteiger partial charge in [-0.25, -0.2) is 4.68 Å². The van der Waals surface area contributed by atoms with Gasteiger partial charge in [0.25, 0.3) is 5.56 Å². The quantitative estimate of drug-likeness (QED) is 0.866. The van der Waals surface area contributed by atoms with Crippen LogP contribution < -0.4 is 5.56 Å². The fourth-order valence-electron chi connectivity index (χ4n) is 1.72. The van der Waals surface area contributed by atoms with Crippen molar-refractivity contribution in [3.05, 3.63) is 51.9 Å². The molecule has 3 nitrogen and oxygen atoms in total. The Morgan fingerprint density at radius 2 is 2.00 bits per heavy atom. The van der Waals surface area contributed by atoms with Crippen LogP contribution in [0.2, 0.25) is 0 Å². The number of benzene rings is 1. The summed E-state index contributed by atoms with van der Waals surface area (Å²) >= 11 is 9.19. The van der Waals surface area contributed by atoms with E-state index < -0.39 is 0 Å². The minimum absolute atomic E-state index is 0.0675. The second-order valence-corrected chi connectivity index (χ2v) is 4.68. The molecule has 0 unspecified atom stereocenters. The lowest BCUT2D eigenvalue weighted by Crippen LogP contribution is -2.16. The zero-order valence-corrected chi connectivity index (χ0v) is 11.5. The summed E-state index contributed by atoms with van der Waals surface area (Å²) in [5.41, 5.74) is 2.30. The third kappa shape index (κ3) is 2.48. The lowest BCUT2D eigenvalue weighted by atomic mass is 10.2. The highest BCUT2D eigenvalue weighted by Gasteiger charge is 2.13. The largest absolute Gasteiger partial charge is 0.295 e. The van der Waals surface area contributed by atoms with Crippen LogP contribution in [0.3, 0.4) is 0 Å². The number of aromatic nitrogens is 2. The summed E-state index contributed by atoms with van der Waals surface area (Å²) in [6.45, 7) is 0. The molecule has 0 aliphatic heterocycles. The van der Waals surface area contributed by atoms with E-state index in [1.807, 2.05) is 30.3 Å². The molecule has 0 fully saturated rings. The van der Waals surface area contributed by atoms with Crippen molar-refractivity contribution < 1.29 is 0 Å². The number of H-pyrrole nitrogens is 1. The van der Waals surface area contributed by atoms with Gasteiger partial charge in [-0.2, -0.15) is 0 Å². The summed E-state index contributed by atoms with van der Waals surface area (Å²) in [7, 11) is 0. The fourth-order valence-corrected chi connectivity index (χ4v) is 2.39. The van der Waals surface area contributed by atoms with Crippen LogP contribution in [0, 0.1) is 0 Å². The summed E-state index contributed by atoms with van der Waals surface area (Å²) in [6.07, 6.45) is 0.761. The maximum Gasteiger partial charge on any atom is 0.275 e. The maximum absolute atomic E-state index is 12.1. The number of halogens is 2. The second-order valence-electron chi connectivity index (χ2n) is 3.62. The van der Waals surface area contributed by atoms with E-state index in [1.165, 1.54) is 4.68 Å². The first kappa shape index (κ1) is 12.5. The zero-order valence-electron chi connectivity index (χ0n) is 9.12. The number of rotatable bonds is 4. The van der Waals surface area contributed by atoms with Gasteiger partial charge in [-0.15, -0.1) is 11.6 Å². The SMILES string of the molecule is O=c1c(CCl)c(CCBr)[nH]n1-c1ccccc1. The van der Waals surface area contributed by atoms with Gasteiger partial charge in [0.05, 0.1) is 17.1 Å². The van der Waals surface area contributed by atoms with E-state index in [1.54, 1.807) is 0 Å². The summed E-state index contributed by atoms with van der Waals surface area (Å²) in [5, 5.41) is 3.91. The number of nitrogens with one attached hydrogen (secondary N) is 1. The summed E-state index contributed by atoms with van der Waals surface area (Å²) < 4.78 is 1.54. The Labute approximate surface area is 113 Å². The van der Waals surface area contributed by atoms with Crippen molar-refractivity contribution in [2.24, 2.45) is 0 Å². The molecule has 0 atom stereocenters. The number of alkyl halides is 2. The van der Waals surface area contributed by atoms with Crippen molar-refractivity contribution in [1.29, 1.82) is 0 Å². The van der Waals surface area contributed by atoms with Gasteiger partial charge >= 0.3 is 0 Å². The molecule has 1 aromatic heterocycles. The molecular weight excluding hydrogens is 304 g/mol. The molecule has 17 heavy (non-hydrogen) atoms. The summed E-state index contributed by atoms with van der Waals surface area (Å²) in [4.78, 5) is 12.1. The van der Waals surface area contributed by atoms with E-state index in [-0.39, 0.29) is 11.4 Å². The molecule has 0 bridgehead atoms. The van der Waals surface area contributed by atoms with Crippen molar-refractivity contribution in [2.45, 2.75) is 12.3 Å². The van der Waals surface area contributed by atoms with Crippen LogP contribution in [0.5, 0.6) is 0 Å². The molecule has 0 aliphatic carbocycles. The lowest BCUT2D eigenvalue weighted by molar-refractivity contribution is 0.821. The third-order valence-corrected chi connectivity index (χ3v) is 3.23. The van der Waals surface area contributed by atoms with Crippen LogP contribution in [0.25, 0.3) is 5.69 Å². The first-order valence-corrected chi connectivity index (χ1v) is 6.93. The van der Waals surface area contributed by atoms with Crippen molar-refractivity contribution in [2.75, 3.05) is 5.33 Å². The molecular formula is C12H12BrClN2O. The van der Waals surface area contributed by atoms with Crippen LogP contribution in [-0.4, -0.2) is 15.1 Å². The average Bonchev–Trinajstić information content (AvgIpc) is 2.67. The van der Waals surface area contributed by atoms with E-state index in [0.29, 0.717) is 5.56 Å². The van der Waals surface area contributed by atoms with E-state index in [0.717, 1.165) is 23.1 Å². The van der Waals surface area contributed by atoms with Crippen LogP contribution in [0.4, 0.5) is 0 Å². The lowest BCUT2D eigenvalue weighted by Gasteiger charge is -2.00. The Kier molecular flexibility index (Phi) is 4.07. The Balaban J connectivity index is 2.53. The molecule has 0 saturated heterocycles. The Hall–Kier alpha value is -1.00. The number of hydrogen-bond acceptors (Lipinski definition) is 1. The molecule has 2 rings (SSSR count). The number of para-hydroxylation sites is 1. The molecule has 0 spiro atoms. The molecule has 5 heteroatoms. The van der Waals surface area contributed by atoms with Gasteiger partial charge in [-0.1, -0.05) is 34.1 Å². The minimum Gasteiger partial charge on any atom is -0.295 e. The van der Waals surface area contributed by atoms with E-state index in [2.05, 4.69) is 21.0 Å². The highest BCUT2D eigenvalue weighted by molar-refractivity contribution is 9.09. The van der Waals surface area contributed by atoms with Gasteiger partial charge < -0.3 is 0 Å². The van der Waals surface area contributed by atoms with Gasteiger partial charge in [-0.05, 0) is 18.6 Å². The van der Waals surface area contributed by atoms with Crippen LogP contribution in [0.15, 0.2) is 35.1 Å². The van der Waals surface area contributed by atoms with E-state index >= 15 is 0 Å². The molecule has 0 saturated carbocycles. The van der Waals surface area contributed by atoms with E-state index in [4.69, 9.17) is 11.6 Å². The minimum atomic E-state index is -0.0675. The highest BCUT2D eigenvalue weighted by atomic mass is 79.9. The third-order valence-electron chi connectivity index (χ3n) is 2.56. The predicted octanol–water partition coefficient (Wildman–Crippen LogP) is 2.84. The average molecular weight is 316 g/mol. The van der Waals surface area contributed by atoms with Crippen molar-refractivity contribution >= 4 is 27.5 Å². The summed E-state index contributed by atoms with van der Waals surface area (Å²) in [6, 6.07) is 9.47. The van der Waals surface area contributed by atoms with Gasteiger partial charge in [0.2, 0.25) is 0 Å². The molecule has 1 aromatic carbocycles. The molecule has 1 heterocycles. The van der Waals surface area contributed by atoms with E-state index in [9.17, 15) is 4.79 Å². The van der Waals surface area contributed by atoms with Crippen molar-refractivity contribution in [3.8, 4) is 5.69 Å². The number of aromatic amines is 1. The number of nitrogens with zero attached hydrogens (tertiary/aromatic N) is 1. The normalized spacial score (nSPS) is 10.7. The Morgan fingerprint density at radius 1 is 1.29 bits per heavy atom. The number of aryl methyl sites for hydroxylation is 1. The van der Waals surface area contributed by atoms with Crippen LogP contribution >= 0.6 is 27.5 Å². The van der Waals surface area contributed by atoms with Crippen LogP contribution in [0.1, 0.15) is 11.3 Å². The fraction of sp³-hybridized carbons (Fsp3) is 0.250. The zero-order chi connectivity index (χ0) is 12.3. The topological polar surface area (TPSA) is 37.8 Å². The van der Waals surface area contributed by atoms with Gasteiger partial charge in [0.15, 0.2) is 0 Å². The Morgan fingerprint density at radius 3 is 2.59 bits per heavy atom. The second kappa shape index (κ2) is 5.56. The first-order valence-electron chi connectivity index (χ1n) is 5.28. The van der Waals surface area contributed by atoms with Crippen LogP contribution in [-0.2, 0) is 12.3 Å². The van der Waals surface area contributed by atoms with Gasteiger partial charge in [-0.3, -0.25) is 9.89 Å². The summed E-state index contributed by atoms with van der Waals surface area (Å²) in [5.74, 6) is 0.234. The standard InChI is InChI=1S/C12H12BrClN2O/c13-7-6-11-10(8-14)12(17)16(15-11)9-4-2-1-3-5-9/h1-5,15H,6-8H2. The molecule has 1 N–H and O–H groups in total. The van der Waals surface area contributed by atoms with Crippen molar-refractivity contribution in [3.63, 3.8) is 0 Å². The molecule has 2 aromatic rings. The monoisotopic (exact) mass is 314 g/mol. The van der Waals surface area contributed by atoms with Crippen molar-refractivity contribution in [1.82, 2.24) is 9.78 Å². The molecule has 0 aliphatic rings. The number of hydrogen-bond donors (Lipinski definition) is 1. The molecule has 0 radical (unpaired) electrons. The first-order chi connectivity index (χ1) is 8.27. The maximum atomic E-state index is 12.1. The molecule has 90 valence electrons. The smallest absolute Gasteiger partial charge is 0.275 e. The van der Waals surface area contributed by atoms with Gasteiger partial charge in [0.1, 0.15) is 0 Å².